The summed E-state index contributed by atoms with van der Waals surface area (Å²) in [4.78, 5) is 2.36. The number of alkyl halides is 2. The molecule has 0 spiro atoms. The molecule has 0 bridgehead atoms. The molecule has 1 aromatic rings. The van der Waals surface area contributed by atoms with E-state index in [1.165, 1.54) is 12.8 Å². The Bertz CT molecular complexity index is 368. The van der Waals surface area contributed by atoms with Gasteiger partial charge in [0.2, 0.25) is 0 Å². The second-order valence-corrected chi connectivity index (χ2v) is 4.35. The van der Waals surface area contributed by atoms with Gasteiger partial charge in [0, 0.05) is 13.1 Å². The van der Waals surface area contributed by atoms with Gasteiger partial charge in [-0.1, -0.05) is 12.1 Å². The first kappa shape index (κ1) is 13.1. The van der Waals surface area contributed by atoms with Gasteiger partial charge in [-0.05, 0) is 38.1 Å². The molecule has 0 radical (unpaired) electrons. The Morgan fingerprint density at radius 3 is 2.67 bits per heavy atom. The van der Waals surface area contributed by atoms with E-state index in [4.69, 9.17) is 0 Å². The SMILES string of the molecule is FC(F)Oc1ccccc1NCCN1CCCC1. The van der Waals surface area contributed by atoms with Crippen LogP contribution in [0.25, 0.3) is 0 Å². The molecule has 3 nitrogen and oxygen atoms in total. The second kappa shape index (κ2) is 6.54. The molecule has 5 heteroatoms. The average molecular weight is 256 g/mol. The molecule has 0 aliphatic carbocycles. The van der Waals surface area contributed by atoms with Crippen molar-refractivity contribution in [2.75, 3.05) is 31.5 Å². The van der Waals surface area contributed by atoms with Gasteiger partial charge in [0.25, 0.3) is 0 Å². The van der Waals surface area contributed by atoms with Crippen molar-refractivity contribution < 1.29 is 13.5 Å². The van der Waals surface area contributed by atoms with Gasteiger partial charge in [-0.15, -0.1) is 0 Å². The van der Waals surface area contributed by atoms with Gasteiger partial charge in [0.05, 0.1) is 5.69 Å². The lowest BCUT2D eigenvalue weighted by molar-refractivity contribution is -0.0493. The Labute approximate surface area is 106 Å². The van der Waals surface area contributed by atoms with Crippen molar-refractivity contribution in [3.05, 3.63) is 24.3 Å². The summed E-state index contributed by atoms with van der Waals surface area (Å²) in [6.07, 6.45) is 2.51. The molecule has 18 heavy (non-hydrogen) atoms. The number of para-hydroxylation sites is 2. The first-order valence-electron chi connectivity index (χ1n) is 6.26. The number of nitrogens with zero attached hydrogens (tertiary/aromatic N) is 1. The van der Waals surface area contributed by atoms with E-state index in [1.807, 2.05) is 0 Å². The molecule has 100 valence electrons. The second-order valence-electron chi connectivity index (χ2n) is 4.35. The molecule has 2 rings (SSSR count). The minimum Gasteiger partial charge on any atom is -0.433 e. The van der Waals surface area contributed by atoms with Crippen LogP contribution in [0, 0.1) is 0 Å². The van der Waals surface area contributed by atoms with Crippen molar-refractivity contribution in [2.24, 2.45) is 0 Å². The first-order valence-corrected chi connectivity index (χ1v) is 6.26. The molecular formula is C13H18F2N2O. The number of anilines is 1. The van der Waals surface area contributed by atoms with Crippen molar-refractivity contribution in [1.82, 2.24) is 4.90 Å². The van der Waals surface area contributed by atoms with E-state index in [0.29, 0.717) is 5.69 Å². The van der Waals surface area contributed by atoms with E-state index in [9.17, 15) is 8.78 Å². The molecule has 0 saturated carbocycles. The van der Waals surface area contributed by atoms with E-state index in [1.54, 1.807) is 24.3 Å². The van der Waals surface area contributed by atoms with E-state index >= 15 is 0 Å². The van der Waals surface area contributed by atoms with Crippen LogP contribution in [0.1, 0.15) is 12.8 Å². The molecule has 1 heterocycles. The fourth-order valence-corrected chi connectivity index (χ4v) is 2.17. The van der Waals surface area contributed by atoms with Gasteiger partial charge in [0.1, 0.15) is 5.75 Å². The Morgan fingerprint density at radius 2 is 1.94 bits per heavy atom. The van der Waals surface area contributed by atoms with Crippen molar-refractivity contribution in [3.8, 4) is 5.75 Å². The van der Waals surface area contributed by atoms with Crippen molar-refractivity contribution in [3.63, 3.8) is 0 Å². The average Bonchev–Trinajstić information content (AvgIpc) is 2.84. The van der Waals surface area contributed by atoms with E-state index in [2.05, 4.69) is 15.0 Å². The summed E-state index contributed by atoms with van der Waals surface area (Å²) in [6.45, 7) is 1.16. The Hall–Kier alpha value is -1.36. The van der Waals surface area contributed by atoms with Crippen LogP contribution in [0.15, 0.2) is 24.3 Å². The zero-order chi connectivity index (χ0) is 12.8. The fourth-order valence-electron chi connectivity index (χ4n) is 2.17. The predicted molar refractivity (Wildman–Crippen MR) is 67.2 cm³/mol. The van der Waals surface area contributed by atoms with Crippen molar-refractivity contribution in [2.45, 2.75) is 19.5 Å². The number of hydrogen-bond acceptors (Lipinski definition) is 3. The monoisotopic (exact) mass is 256 g/mol. The van der Waals surface area contributed by atoms with Gasteiger partial charge in [-0.2, -0.15) is 8.78 Å². The smallest absolute Gasteiger partial charge is 0.387 e. The zero-order valence-corrected chi connectivity index (χ0v) is 10.2. The highest BCUT2D eigenvalue weighted by molar-refractivity contribution is 5.56. The molecule has 0 unspecified atom stereocenters. The molecule has 1 N–H and O–H groups in total. The van der Waals surface area contributed by atoms with Crippen molar-refractivity contribution >= 4 is 5.69 Å². The van der Waals surface area contributed by atoms with Gasteiger partial charge >= 0.3 is 6.61 Å². The van der Waals surface area contributed by atoms with Crippen molar-refractivity contribution in [1.29, 1.82) is 0 Å². The van der Waals surface area contributed by atoms with Crippen LogP contribution in [0.2, 0.25) is 0 Å². The molecule has 1 fully saturated rings. The van der Waals surface area contributed by atoms with Gasteiger partial charge < -0.3 is 15.0 Å². The maximum Gasteiger partial charge on any atom is 0.387 e. The zero-order valence-electron chi connectivity index (χ0n) is 10.2. The lowest BCUT2D eigenvalue weighted by atomic mass is 10.3. The van der Waals surface area contributed by atoms with Gasteiger partial charge in [-0.25, -0.2) is 0 Å². The highest BCUT2D eigenvalue weighted by Gasteiger charge is 2.12. The molecule has 1 aliphatic rings. The molecule has 1 aliphatic heterocycles. The lowest BCUT2D eigenvalue weighted by Gasteiger charge is -2.17. The maximum atomic E-state index is 12.2. The Morgan fingerprint density at radius 1 is 1.22 bits per heavy atom. The lowest BCUT2D eigenvalue weighted by Crippen LogP contribution is -2.26. The fraction of sp³-hybridized carbons (Fsp3) is 0.538. The molecule has 1 aromatic carbocycles. The summed E-state index contributed by atoms with van der Waals surface area (Å²) in [7, 11) is 0. The normalized spacial score (nSPS) is 16.2. The molecule has 0 atom stereocenters. The molecular weight excluding hydrogens is 238 g/mol. The van der Waals surface area contributed by atoms with Gasteiger partial charge in [0.15, 0.2) is 0 Å². The summed E-state index contributed by atoms with van der Waals surface area (Å²) in [6, 6.07) is 6.78. The number of rotatable bonds is 6. The minimum absolute atomic E-state index is 0.203. The van der Waals surface area contributed by atoms with E-state index in [0.717, 1.165) is 26.2 Å². The largest absolute Gasteiger partial charge is 0.433 e. The Balaban J connectivity index is 1.83. The highest BCUT2D eigenvalue weighted by atomic mass is 19.3. The number of nitrogens with one attached hydrogen (secondary N) is 1. The minimum atomic E-state index is -2.79. The molecule has 0 amide bonds. The number of likely N-dealkylation sites (tertiary alicyclic amines) is 1. The third-order valence-electron chi connectivity index (χ3n) is 3.05. The van der Waals surface area contributed by atoms with Crippen LogP contribution in [-0.4, -0.2) is 37.7 Å². The quantitative estimate of drug-likeness (QED) is 0.847. The molecule has 1 saturated heterocycles. The van der Waals surface area contributed by atoms with E-state index < -0.39 is 6.61 Å². The summed E-state index contributed by atoms with van der Waals surface area (Å²) in [5.74, 6) is 0.203. The van der Waals surface area contributed by atoms with Crippen LogP contribution >= 0.6 is 0 Å². The van der Waals surface area contributed by atoms with Crippen LogP contribution in [0.3, 0.4) is 0 Å². The Kier molecular flexibility index (Phi) is 4.75. The summed E-state index contributed by atoms with van der Waals surface area (Å²) in [5.41, 5.74) is 0.622. The summed E-state index contributed by atoms with van der Waals surface area (Å²) < 4.78 is 28.9. The van der Waals surface area contributed by atoms with E-state index in [-0.39, 0.29) is 5.75 Å². The topological polar surface area (TPSA) is 24.5 Å². The van der Waals surface area contributed by atoms with Crippen LogP contribution < -0.4 is 10.1 Å². The van der Waals surface area contributed by atoms with Crippen LogP contribution in [0.4, 0.5) is 14.5 Å². The standard InChI is InChI=1S/C13H18F2N2O/c14-13(15)18-12-6-2-1-5-11(12)16-7-10-17-8-3-4-9-17/h1-2,5-6,13,16H,3-4,7-10H2. The highest BCUT2D eigenvalue weighted by Crippen LogP contribution is 2.25. The number of halogens is 2. The number of benzene rings is 1. The summed E-state index contributed by atoms with van der Waals surface area (Å²) >= 11 is 0. The van der Waals surface area contributed by atoms with Gasteiger partial charge in [-0.3, -0.25) is 0 Å². The first-order chi connectivity index (χ1) is 8.75. The maximum absolute atomic E-state index is 12.2. The van der Waals surface area contributed by atoms with Crippen LogP contribution in [0.5, 0.6) is 5.75 Å². The molecule has 0 aromatic heterocycles. The number of hydrogen-bond donors (Lipinski definition) is 1. The third-order valence-corrected chi connectivity index (χ3v) is 3.05. The predicted octanol–water partition coefficient (Wildman–Crippen LogP) is 2.80. The van der Waals surface area contributed by atoms with Crippen LogP contribution in [-0.2, 0) is 0 Å². The third kappa shape index (κ3) is 3.84. The number of ether oxygens (including phenoxy) is 1. The summed E-state index contributed by atoms with van der Waals surface area (Å²) in [5, 5.41) is 3.15.